The minimum atomic E-state index is -0.185. The molecule has 4 nitrogen and oxygen atoms in total. The van der Waals surface area contributed by atoms with Crippen LogP contribution < -0.4 is 9.47 Å². The minimum Gasteiger partial charge on any atom is -0.493 e. The molecule has 1 aliphatic rings. The van der Waals surface area contributed by atoms with Gasteiger partial charge in [0.15, 0.2) is 11.5 Å². The van der Waals surface area contributed by atoms with Gasteiger partial charge in [0, 0.05) is 11.4 Å². The number of hydrogen-bond donors (Lipinski definition) is 0. The average molecular weight is 434 g/mol. The number of thioether (sulfide) groups is 1. The van der Waals surface area contributed by atoms with Crippen molar-refractivity contribution in [3.8, 4) is 11.5 Å². The molecule has 0 fully saturated rings. The molecular formula is C26H27NO3S. The van der Waals surface area contributed by atoms with Crippen LogP contribution in [0, 0.1) is 0 Å². The van der Waals surface area contributed by atoms with E-state index < -0.39 is 0 Å². The Morgan fingerprint density at radius 3 is 2.23 bits per heavy atom. The van der Waals surface area contributed by atoms with E-state index in [0.717, 1.165) is 28.2 Å². The summed E-state index contributed by atoms with van der Waals surface area (Å²) >= 11 is 1.60. The van der Waals surface area contributed by atoms with Crippen LogP contribution in [0.1, 0.15) is 29.7 Å². The minimum absolute atomic E-state index is 0.142. The Labute approximate surface area is 188 Å². The molecule has 0 spiro atoms. The fraction of sp³-hybridized carbons (Fsp3) is 0.269. The number of fused-ring (bicyclic) bond motifs is 1. The van der Waals surface area contributed by atoms with Crippen molar-refractivity contribution < 1.29 is 14.3 Å². The molecule has 0 radical (unpaired) electrons. The summed E-state index contributed by atoms with van der Waals surface area (Å²) < 4.78 is 11.1. The van der Waals surface area contributed by atoms with Crippen molar-refractivity contribution in [2.75, 3.05) is 20.8 Å². The molecule has 31 heavy (non-hydrogen) atoms. The number of benzene rings is 3. The van der Waals surface area contributed by atoms with Crippen molar-refractivity contribution in [3.05, 3.63) is 89.5 Å². The fourth-order valence-corrected chi connectivity index (χ4v) is 5.12. The van der Waals surface area contributed by atoms with Crippen LogP contribution in [-0.4, -0.2) is 36.8 Å². The van der Waals surface area contributed by atoms with E-state index in [2.05, 4.69) is 12.1 Å². The molecule has 2 unspecified atom stereocenters. The Hall–Kier alpha value is -2.92. The van der Waals surface area contributed by atoms with E-state index in [1.807, 2.05) is 72.5 Å². The van der Waals surface area contributed by atoms with Crippen LogP contribution >= 0.6 is 11.8 Å². The molecule has 0 bridgehead atoms. The highest BCUT2D eigenvalue weighted by Crippen LogP contribution is 2.42. The number of carbonyl (C=O) groups is 1. The predicted octanol–water partition coefficient (Wildman–Crippen LogP) is 5.36. The van der Waals surface area contributed by atoms with Gasteiger partial charge in [0.25, 0.3) is 0 Å². The fourth-order valence-electron chi connectivity index (χ4n) is 4.17. The molecule has 3 aromatic rings. The van der Waals surface area contributed by atoms with Gasteiger partial charge in [0.2, 0.25) is 5.91 Å². The van der Waals surface area contributed by atoms with Crippen LogP contribution in [0.25, 0.3) is 0 Å². The maximum Gasteiger partial charge on any atom is 0.236 e. The van der Waals surface area contributed by atoms with E-state index in [-0.39, 0.29) is 17.2 Å². The third-order valence-corrected chi connectivity index (χ3v) is 6.78. The molecule has 0 N–H and O–H groups in total. The highest BCUT2D eigenvalue weighted by atomic mass is 32.2. The second-order valence-corrected chi connectivity index (χ2v) is 8.99. The lowest BCUT2D eigenvalue weighted by molar-refractivity contribution is -0.132. The molecular weight excluding hydrogens is 406 g/mol. The molecule has 4 rings (SSSR count). The van der Waals surface area contributed by atoms with Gasteiger partial charge in [-0.2, -0.15) is 0 Å². The van der Waals surface area contributed by atoms with E-state index in [0.29, 0.717) is 12.3 Å². The lowest BCUT2D eigenvalue weighted by Crippen LogP contribution is -2.44. The van der Waals surface area contributed by atoms with E-state index in [9.17, 15) is 4.79 Å². The Morgan fingerprint density at radius 2 is 1.58 bits per heavy atom. The van der Waals surface area contributed by atoms with Crippen molar-refractivity contribution in [2.45, 2.75) is 29.5 Å². The van der Waals surface area contributed by atoms with Gasteiger partial charge in [-0.05, 0) is 54.3 Å². The van der Waals surface area contributed by atoms with Crippen molar-refractivity contribution in [2.24, 2.45) is 0 Å². The molecule has 3 aromatic carbocycles. The highest BCUT2D eigenvalue weighted by molar-refractivity contribution is 8.00. The second-order valence-electron chi connectivity index (χ2n) is 7.57. The topological polar surface area (TPSA) is 38.8 Å². The van der Waals surface area contributed by atoms with Crippen LogP contribution in [0.2, 0.25) is 0 Å². The summed E-state index contributed by atoms with van der Waals surface area (Å²) in [6.07, 6.45) is 0.785. The monoisotopic (exact) mass is 433 g/mol. The first-order chi connectivity index (χ1) is 15.1. The summed E-state index contributed by atoms with van der Waals surface area (Å²) in [5, 5.41) is -0.185. The Bertz CT molecular complexity index is 1040. The normalized spacial score (nSPS) is 16.4. The third kappa shape index (κ3) is 4.42. The van der Waals surface area contributed by atoms with Crippen LogP contribution in [0.3, 0.4) is 0 Å². The molecule has 0 saturated heterocycles. The van der Waals surface area contributed by atoms with Crippen LogP contribution in [0.5, 0.6) is 11.5 Å². The van der Waals surface area contributed by atoms with Gasteiger partial charge in [-0.3, -0.25) is 4.79 Å². The largest absolute Gasteiger partial charge is 0.493 e. The summed E-state index contributed by atoms with van der Waals surface area (Å²) in [7, 11) is 3.30. The van der Waals surface area contributed by atoms with Crippen LogP contribution in [0.4, 0.5) is 0 Å². The van der Waals surface area contributed by atoms with Gasteiger partial charge < -0.3 is 14.4 Å². The molecule has 0 saturated carbocycles. The number of carbonyl (C=O) groups excluding carboxylic acids is 1. The second kappa shape index (κ2) is 9.48. The first-order valence-electron chi connectivity index (χ1n) is 10.4. The maximum absolute atomic E-state index is 13.6. The number of rotatable bonds is 6. The molecule has 0 aromatic heterocycles. The summed E-state index contributed by atoms with van der Waals surface area (Å²) in [6, 6.07) is 24.2. The first-order valence-corrected chi connectivity index (χ1v) is 11.3. The van der Waals surface area contributed by atoms with Crippen molar-refractivity contribution >= 4 is 17.7 Å². The molecule has 1 aliphatic heterocycles. The molecule has 1 amide bonds. The standard InChI is InChI=1S/C26H27NO3S/c1-18(31-21-12-8-5-9-13-21)26(28)27-15-14-20-16-23(29-2)24(30-3)17-22(20)25(27)19-10-6-4-7-11-19/h4-13,16-18,25H,14-15H2,1-3H3. The van der Waals surface area contributed by atoms with E-state index in [1.54, 1.807) is 26.0 Å². The maximum atomic E-state index is 13.6. The average Bonchev–Trinajstić information content (AvgIpc) is 2.83. The van der Waals surface area contributed by atoms with Gasteiger partial charge in [-0.15, -0.1) is 11.8 Å². The lowest BCUT2D eigenvalue weighted by atomic mass is 9.87. The summed E-state index contributed by atoms with van der Waals surface area (Å²) in [4.78, 5) is 16.7. The number of hydrogen-bond acceptors (Lipinski definition) is 4. The quantitative estimate of drug-likeness (QED) is 0.491. The van der Waals surface area contributed by atoms with Crippen LogP contribution in [0.15, 0.2) is 77.7 Å². The molecule has 2 atom stereocenters. The first kappa shape index (κ1) is 21.3. The zero-order valence-electron chi connectivity index (χ0n) is 18.1. The van der Waals surface area contributed by atoms with Gasteiger partial charge in [0.05, 0.1) is 25.5 Å². The zero-order chi connectivity index (χ0) is 21.8. The lowest BCUT2D eigenvalue weighted by Gasteiger charge is -2.39. The van der Waals surface area contributed by atoms with E-state index >= 15 is 0 Å². The molecule has 0 aliphatic carbocycles. The number of nitrogens with zero attached hydrogens (tertiary/aromatic N) is 1. The molecule has 5 heteroatoms. The van der Waals surface area contributed by atoms with Gasteiger partial charge in [0.1, 0.15) is 0 Å². The Morgan fingerprint density at radius 1 is 0.968 bits per heavy atom. The summed E-state index contributed by atoms with van der Waals surface area (Å²) in [6.45, 7) is 2.66. The molecule has 1 heterocycles. The van der Waals surface area contributed by atoms with Crippen molar-refractivity contribution in [3.63, 3.8) is 0 Å². The number of amides is 1. The summed E-state index contributed by atoms with van der Waals surface area (Å²) in [5.41, 5.74) is 3.39. The Kier molecular flexibility index (Phi) is 6.52. The van der Waals surface area contributed by atoms with Crippen molar-refractivity contribution in [1.82, 2.24) is 4.90 Å². The van der Waals surface area contributed by atoms with E-state index in [4.69, 9.17) is 9.47 Å². The number of methoxy groups -OCH3 is 2. The molecule has 160 valence electrons. The van der Waals surface area contributed by atoms with Crippen molar-refractivity contribution in [1.29, 1.82) is 0 Å². The highest BCUT2D eigenvalue weighted by Gasteiger charge is 2.35. The SMILES string of the molecule is COc1cc2c(cc1OC)C(c1ccccc1)N(C(=O)C(C)Sc1ccccc1)CC2. The smallest absolute Gasteiger partial charge is 0.236 e. The third-order valence-electron chi connectivity index (χ3n) is 5.68. The van der Waals surface area contributed by atoms with Crippen LogP contribution in [-0.2, 0) is 11.2 Å². The van der Waals surface area contributed by atoms with E-state index in [1.165, 1.54) is 5.56 Å². The summed E-state index contributed by atoms with van der Waals surface area (Å²) in [5.74, 6) is 1.55. The predicted molar refractivity (Wildman–Crippen MR) is 125 cm³/mol. The van der Waals surface area contributed by atoms with Gasteiger partial charge in [-0.25, -0.2) is 0 Å². The Balaban J connectivity index is 1.72. The zero-order valence-corrected chi connectivity index (χ0v) is 18.9. The number of ether oxygens (including phenoxy) is 2. The van der Waals surface area contributed by atoms with Gasteiger partial charge >= 0.3 is 0 Å². The van der Waals surface area contributed by atoms with Gasteiger partial charge in [-0.1, -0.05) is 48.5 Å².